The van der Waals surface area contributed by atoms with Crippen LogP contribution < -0.4 is 9.64 Å². The monoisotopic (exact) mass is 312 g/mol. The maximum absolute atomic E-state index is 13.0. The highest BCUT2D eigenvalue weighted by molar-refractivity contribution is 5.96. The second kappa shape index (κ2) is 8.34. The fraction of sp³-hybridized carbons (Fsp3) is 0.316. The Balaban J connectivity index is 2.23. The van der Waals surface area contributed by atoms with Gasteiger partial charge in [-0.05, 0) is 37.4 Å². The molecule has 122 valence electrons. The minimum absolute atomic E-state index is 0.0799. The summed E-state index contributed by atoms with van der Waals surface area (Å²) in [6.45, 7) is 5.53. The first-order valence-corrected chi connectivity index (χ1v) is 7.95. The Morgan fingerprint density at radius 2 is 1.48 bits per heavy atom. The van der Waals surface area contributed by atoms with E-state index < -0.39 is 6.23 Å². The molecule has 0 aliphatic heterocycles. The van der Waals surface area contributed by atoms with Crippen LogP contribution in [0.4, 0.5) is 5.69 Å². The van der Waals surface area contributed by atoms with Gasteiger partial charge in [0.05, 0.1) is 0 Å². The standard InChI is InChI=1S/C19H24N2O2/c1-4-21(5-2)19(23-17-14-10-7-11-15-17)18(22)20(3)16-12-8-6-9-13-16/h6-15,19H,4-5H2,1-3H3. The van der Waals surface area contributed by atoms with E-state index in [0.717, 1.165) is 18.8 Å². The molecule has 0 N–H and O–H groups in total. The second-order valence-corrected chi connectivity index (χ2v) is 5.24. The molecule has 1 atom stereocenters. The van der Waals surface area contributed by atoms with Crippen molar-refractivity contribution in [1.29, 1.82) is 0 Å². The van der Waals surface area contributed by atoms with Crippen molar-refractivity contribution in [3.63, 3.8) is 0 Å². The topological polar surface area (TPSA) is 32.8 Å². The average molecular weight is 312 g/mol. The van der Waals surface area contributed by atoms with Crippen LogP contribution in [0, 0.1) is 0 Å². The third kappa shape index (κ3) is 4.33. The third-order valence-corrected chi connectivity index (χ3v) is 3.82. The minimum atomic E-state index is -0.641. The van der Waals surface area contributed by atoms with Crippen molar-refractivity contribution in [2.45, 2.75) is 20.1 Å². The molecule has 0 bridgehead atoms. The molecule has 0 aromatic heterocycles. The summed E-state index contributed by atoms with van der Waals surface area (Å²) in [6.07, 6.45) is -0.641. The number of carbonyl (C=O) groups is 1. The number of ether oxygens (including phenoxy) is 1. The molecular formula is C19H24N2O2. The molecule has 1 amide bonds. The lowest BCUT2D eigenvalue weighted by Crippen LogP contribution is -2.51. The number of benzene rings is 2. The molecule has 23 heavy (non-hydrogen) atoms. The summed E-state index contributed by atoms with van der Waals surface area (Å²) >= 11 is 0. The maximum Gasteiger partial charge on any atom is 0.283 e. The highest BCUT2D eigenvalue weighted by atomic mass is 16.5. The minimum Gasteiger partial charge on any atom is -0.466 e. The van der Waals surface area contributed by atoms with Gasteiger partial charge >= 0.3 is 0 Å². The summed E-state index contributed by atoms with van der Waals surface area (Å²) in [5.41, 5.74) is 0.853. The summed E-state index contributed by atoms with van der Waals surface area (Å²) in [7, 11) is 1.78. The van der Waals surface area contributed by atoms with Gasteiger partial charge in [0, 0.05) is 12.7 Å². The van der Waals surface area contributed by atoms with E-state index in [-0.39, 0.29) is 5.91 Å². The number of para-hydroxylation sites is 2. The number of rotatable bonds is 7. The van der Waals surface area contributed by atoms with Crippen LogP contribution in [0.5, 0.6) is 5.75 Å². The Kier molecular flexibility index (Phi) is 6.18. The number of anilines is 1. The highest BCUT2D eigenvalue weighted by Gasteiger charge is 2.29. The van der Waals surface area contributed by atoms with Crippen molar-refractivity contribution >= 4 is 11.6 Å². The Labute approximate surface area is 138 Å². The number of carbonyl (C=O) groups excluding carboxylic acids is 1. The molecule has 0 saturated heterocycles. The largest absolute Gasteiger partial charge is 0.466 e. The van der Waals surface area contributed by atoms with Gasteiger partial charge < -0.3 is 9.64 Å². The van der Waals surface area contributed by atoms with Gasteiger partial charge in [0.25, 0.3) is 5.91 Å². The molecule has 1 unspecified atom stereocenters. The molecule has 2 aromatic rings. The van der Waals surface area contributed by atoms with Crippen LogP contribution in [0.3, 0.4) is 0 Å². The number of likely N-dealkylation sites (N-methyl/N-ethyl adjacent to an activating group) is 2. The molecule has 4 nitrogen and oxygen atoms in total. The third-order valence-electron chi connectivity index (χ3n) is 3.82. The Morgan fingerprint density at radius 3 is 2.00 bits per heavy atom. The van der Waals surface area contributed by atoms with Crippen molar-refractivity contribution in [3.05, 3.63) is 60.7 Å². The summed E-state index contributed by atoms with van der Waals surface area (Å²) in [6, 6.07) is 19.1. The zero-order chi connectivity index (χ0) is 16.7. The van der Waals surface area contributed by atoms with Gasteiger partial charge in [0.2, 0.25) is 6.23 Å². The molecule has 0 aliphatic rings. The van der Waals surface area contributed by atoms with Crippen LogP contribution in [-0.2, 0) is 4.79 Å². The lowest BCUT2D eigenvalue weighted by molar-refractivity contribution is -0.133. The van der Waals surface area contributed by atoms with Gasteiger partial charge in [-0.15, -0.1) is 0 Å². The smallest absolute Gasteiger partial charge is 0.283 e. The van der Waals surface area contributed by atoms with E-state index in [9.17, 15) is 4.79 Å². The van der Waals surface area contributed by atoms with E-state index in [1.165, 1.54) is 0 Å². The van der Waals surface area contributed by atoms with Crippen molar-refractivity contribution in [2.75, 3.05) is 25.0 Å². The summed E-state index contributed by atoms with van der Waals surface area (Å²) in [4.78, 5) is 16.6. The summed E-state index contributed by atoms with van der Waals surface area (Å²) in [5.74, 6) is 0.614. The molecule has 4 heteroatoms. The van der Waals surface area contributed by atoms with E-state index in [1.54, 1.807) is 11.9 Å². The lowest BCUT2D eigenvalue weighted by Gasteiger charge is -2.32. The molecule has 0 spiro atoms. The first kappa shape index (κ1) is 17.0. The number of nitrogens with zero attached hydrogens (tertiary/aromatic N) is 2. The van der Waals surface area contributed by atoms with Crippen LogP contribution in [0.15, 0.2) is 60.7 Å². The van der Waals surface area contributed by atoms with Gasteiger partial charge in [-0.3, -0.25) is 9.69 Å². The van der Waals surface area contributed by atoms with Gasteiger partial charge in [-0.25, -0.2) is 0 Å². The number of hydrogen-bond acceptors (Lipinski definition) is 3. The van der Waals surface area contributed by atoms with Gasteiger partial charge in [-0.2, -0.15) is 0 Å². The molecule has 2 rings (SSSR count). The quantitative estimate of drug-likeness (QED) is 0.735. The highest BCUT2D eigenvalue weighted by Crippen LogP contribution is 2.18. The van der Waals surface area contributed by atoms with Gasteiger partial charge in [0.15, 0.2) is 0 Å². The molecule has 0 saturated carbocycles. The molecule has 0 fully saturated rings. The molecule has 2 aromatic carbocycles. The maximum atomic E-state index is 13.0. The van der Waals surface area contributed by atoms with Crippen LogP contribution in [-0.4, -0.2) is 37.2 Å². The summed E-state index contributed by atoms with van der Waals surface area (Å²) in [5, 5.41) is 0. The summed E-state index contributed by atoms with van der Waals surface area (Å²) < 4.78 is 6.00. The van der Waals surface area contributed by atoms with Crippen LogP contribution in [0.25, 0.3) is 0 Å². The lowest BCUT2D eigenvalue weighted by atomic mass is 10.2. The van der Waals surface area contributed by atoms with Gasteiger partial charge in [-0.1, -0.05) is 50.2 Å². The Bertz CT molecular complexity index is 597. The van der Waals surface area contributed by atoms with E-state index >= 15 is 0 Å². The van der Waals surface area contributed by atoms with Crippen LogP contribution >= 0.6 is 0 Å². The first-order valence-electron chi connectivity index (χ1n) is 7.95. The number of amides is 1. The van der Waals surface area contributed by atoms with E-state index in [0.29, 0.717) is 5.75 Å². The van der Waals surface area contributed by atoms with Crippen molar-refractivity contribution in [3.8, 4) is 5.75 Å². The van der Waals surface area contributed by atoms with Crippen LogP contribution in [0.2, 0.25) is 0 Å². The molecular weight excluding hydrogens is 288 g/mol. The van der Waals surface area contributed by atoms with E-state index in [4.69, 9.17) is 4.74 Å². The molecule has 0 aliphatic carbocycles. The predicted octanol–water partition coefficient (Wildman–Crippen LogP) is 3.40. The second-order valence-electron chi connectivity index (χ2n) is 5.24. The van der Waals surface area contributed by atoms with E-state index in [1.807, 2.05) is 79.4 Å². The molecule has 0 radical (unpaired) electrons. The fourth-order valence-corrected chi connectivity index (χ4v) is 2.41. The molecule has 0 heterocycles. The SMILES string of the molecule is CCN(CC)C(Oc1ccccc1)C(=O)N(C)c1ccccc1. The number of hydrogen-bond donors (Lipinski definition) is 0. The van der Waals surface area contributed by atoms with Crippen LogP contribution in [0.1, 0.15) is 13.8 Å². The normalized spacial score (nSPS) is 12.0. The average Bonchev–Trinajstić information content (AvgIpc) is 2.62. The van der Waals surface area contributed by atoms with Crippen molar-refractivity contribution in [1.82, 2.24) is 4.90 Å². The van der Waals surface area contributed by atoms with E-state index in [2.05, 4.69) is 0 Å². The zero-order valence-electron chi connectivity index (χ0n) is 14.0. The Morgan fingerprint density at radius 1 is 0.957 bits per heavy atom. The van der Waals surface area contributed by atoms with Crippen molar-refractivity contribution < 1.29 is 9.53 Å². The Hall–Kier alpha value is -2.33. The first-order chi connectivity index (χ1) is 11.2. The van der Waals surface area contributed by atoms with Gasteiger partial charge in [0.1, 0.15) is 5.75 Å². The van der Waals surface area contributed by atoms with Crippen molar-refractivity contribution in [2.24, 2.45) is 0 Å². The fourth-order valence-electron chi connectivity index (χ4n) is 2.41. The predicted molar refractivity (Wildman–Crippen MR) is 93.6 cm³/mol. The zero-order valence-corrected chi connectivity index (χ0v) is 14.0.